The lowest BCUT2D eigenvalue weighted by atomic mass is 10.3. The molecule has 0 saturated heterocycles. The van der Waals surface area contributed by atoms with Crippen LogP contribution in [-0.4, -0.2) is 26.6 Å². The molecule has 0 spiro atoms. The summed E-state index contributed by atoms with van der Waals surface area (Å²) < 4.78 is 0. The second-order valence-corrected chi connectivity index (χ2v) is 4.37. The average Bonchev–Trinajstić information content (AvgIpc) is 2.88. The fraction of sp³-hybridized carbons (Fsp3) is 0.182. The highest BCUT2D eigenvalue weighted by atomic mass is 32.2. The fourth-order valence-corrected chi connectivity index (χ4v) is 1.79. The Balaban J connectivity index is 1.81. The molecule has 0 aliphatic carbocycles. The molecule has 6 heteroatoms. The van der Waals surface area contributed by atoms with Crippen molar-refractivity contribution in [3.8, 4) is 0 Å². The van der Waals surface area contributed by atoms with Crippen LogP contribution >= 0.6 is 11.8 Å². The summed E-state index contributed by atoms with van der Waals surface area (Å²) in [6.45, 7) is 1.97. The minimum atomic E-state index is 0.773. The van der Waals surface area contributed by atoms with Crippen LogP contribution in [-0.2, 0) is 0 Å². The van der Waals surface area contributed by atoms with Crippen LogP contribution in [0.1, 0.15) is 6.92 Å². The van der Waals surface area contributed by atoms with Gasteiger partial charge in [-0.15, -0.1) is 0 Å². The molecule has 0 aliphatic rings. The number of nitrogens with zero attached hydrogens (tertiary/aromatic N) is 3. The Kier molecular flexibility index (Phi) is 4.15. The maximum atomic E-state index is 4.28. The minimum absolute atomic E-state index is 0.773. The summed E-state index contributed by atoms with van der Waals surface area (Å²) in [6.07, 6.45) is 1.50. The van der Waals surface area contributed by atoms with E-state index in [1.165, 1.54) is 6.33 Å². The number of nitrogens with one attached hydrogen (secondary N) is 2. The molecular formula is C11H13N5S. The number of hydrogen-bond donors (Lipinski definition) is 2. The largest absolute Gasteiger partial charge is 0.279 e. The number of rotatable bonds is 5. The summed E-state index contributed by atoms with van der Waals surface area (Å²) in [5.74, 6) is 0.773. The van der Waals surface area contributed by atoms with E-state index in [1.807, 2.05) is 37.3 Å². The number of H-pyrrole nitrogens is 1. The fourth-order valence-electron chi connectivity index (χ4n) is 1.14. The number of thioether (sulfide) groups is 1. The molecule has 17 heavy (non-hydrogen) atoms. The zero-order valence-electron chi connectivity index (χ0n) is 9.42. The van der Waals surface area contributed by atoms with Crippen LogP contribution in [0, 0.1) is 0 Å². The second-order valence-electron chi connectivity index (χ2n) is 3.40. The third-order valence-electron chi connectivity index (χ3n) is 1.96. The van der Waals surface area contributed by atoms with Gasteiger partial charge < -0.3 is 0 Å². The molecule has 2 N–H and O–H groups in total. The Morgan fingerprint density at radius 3 is 2.94 bits per heavy atom. The maximum Gasteiger partial charge on any atom is 0.183 e. The molecule has 0 fully saturated rings. The topological polar surface area (TPSA) is 66.0 Å². The molecule has 1 aromatic carbocycles. The van der Waals surface area contributed by atoms with Crippen LogP contribution in [0.5, 0.6) is 0 Å². The molecule has 5 nitrogen and oxygen atoms in total. The summed E-state index contributed by atoms with van der Waals surface area (Å²) in [5, 5.41) is 11.7. The normalized spacial score (nSPS) is 11.5. The Hall–Kier alpha value is -1.82. The predicted molar refractivity (Wildman–Crippen MR) is 70.3 cm³/mol. The van der Waals surface area contributed by atoms with Gasteiger partial charge in [-0.1, -0.05) is 30.0 Å². The first-order valence-corrected chi connectivity index (χ1v) is 6.15. The number of anilines is 1. The average molecular weight is 247 g/mol. The van der Waals surface area contributed by atoms with Gasteiger partial charge in [0, 0.05) is 11.5 Å². The van der Waals surface area contributed by atoms with E-state index in [-0.39, 0.29) is 0 Å². The molecule has 0 radical (unpaired) electrons. The Morgan fingerprint density at radius 1 is 1.41 bits per heavy atom. The summed E-state index contributed by atoms with van der Waals surface area (Å²) in [4.78, 5) is 4.03. The van der Waals surface area contributed by atoms with Crippen LogP contribution in [0.25, 0.3) is 0 Å². The van der Waals surface area contributed by atoms with Gasteiger partial charge in [-0.3, -0.25) is 10.5 Å². The van der Waals surface area contributed by atoms with Gasteiger partial charge in [-0.25, -0.2) is 4.98 Å². The molecule has 0 atom stereocenters. The second kappa shape index (κ2) is 6.05. The number of hydrogen-bond acceptors (Lipinski definition) is 5. The van der Waals surface area contributed by atoms with E-state index < -0.39 is 0 Å². The molecule has 1 heterocycles. The zero-order valence-corrected chi connectivity index (χ0v) is 10.2. The molecule has 0 bridgehead atoms. The van der Waals surface area contributed by atoms with Crippen LogP contribution in [0.15, 0.2) is 46.9 Å². The van der Waals surface area contributed by atoms with Gasteiger partial charge in [0.1, 0.15) is 6.33 Å². The molecule has 2 aromatic rings. The highest BCUT2D eigenvalue weighted by molar-refractivity contribution is 7.99. The number of para-hydroxylation sites is 1. The van der Waals surface area contributed by atoms with Crippen molar-refractivity contribution in [3.63, 3.8) is 0 Å². The van der Waals surface area contributed by atoms with Crippen LogP contribution < -0.4 is 5.43 Å². The number of hydrazone groups is 1. The van der Waals surface area contributed by atoms with Crippen molar-refractivity contribution in [2.24, 2.45) is 5.10 Å². The van der Waals surface area contributed by atoms with E-state index in [0.29, 0.717) is 0 Å². The SMILES string of the molecule is C/C(CSc1ncn[nH]1)=N/Nc1ccccc1. The van der Waals surface area contributed by atoms with Gasteiger partial charge in [0.05, 0.1) is 5.69 Å². The zero-order chi connectivity index (χ0) is 11.9. The molecule has 0 aliphatic heterocycles. The standard InChI is InChI=1S/C11H13N5S/c1-9(7-17-11-12-8-13-16-11)14-15-10-5-3-2-4-6-10/h2-6,8,15H,7H2,1H3,(H,12,13,16)/b14-9-. The van der Waals surface area contributed by atoms with Crippen molar-refractivity contribution >= 4 is 23.2 Å². The van der Waals surface area contributed by atoms with Gasteiger partial charge in [-0.2, -0.15) is 10.2 Å². The first kappa shape index (κ1) is 11.7. The van der Waals surface area contributed by atoms with Crippen LogP contribution in [0.4, 0.5) is 5.69 Å². The van der Waals surface area contributed by atoms with E-state index in [1.54, 1.807) is 11.8 Å². The molecule has 0 saturated carbocycles. The first-order valence-electron chi connectivity index (χ1n) is 5.17. The lowest BCUT2D eigenvalue weighted by Gasteiger charge is -2.01. The Morgan fingerprint density at radius 2 is 2.24 bits per heavy atom. The highest BCUT2D eigenvalue weighted by Gasteiger charge is 1.98. The van der Waals surface area contributed by atoms with E-state index in [2.05, 4.69) is 25.7 Å². The summed E-state index contributed by atoms with van der Waals surface area (Å²) in [7, 11) is 0. The van der Waals surface area contributed by atoms with Crippen LogP contribution in [0.2, 0.25) is 0 Å². The molecule has 2 rings (SSSR count). The minimum Gasteiger partial charge on any atom is -0.279 e. The quantitative estimate of drug-likeness (QED) is 0.483. The Bertz CT molecular complexity index is 466. The van der Waals surface area contributed by atoms with Gasteiger partial charge in [0.2, 0.25) is 0 Å². The maximum absolute atomic E-state index is 4.28. The van der Waals surface area contributed by atoms with Gasteiger partial charge in [-0.05, 0) is 19.1 Å². The van der Waals surface area contributed by atoms with E-state index in [9.17, 15) is 0 Å². The number of aromatic nitrogens is 3. The van der Waals surface area contributed by atoms with Gasteiger partial charge in [0.15, 0.2) is 5.16 Å². The van der Waals surface area contributed by atoms with Crippen molar-refractivity contribution < 1.29 is 0 Å². The van der Waals surface area contributed by atoms with Gasteiger partial charge >= 0.3 is 0 Å². The van der Waals surface area contributed by atoms with Crippen molar-refractivity contribution in [1.29, 1.82) is 0 Å². The molecule has 0 amide bonds. The monoisotopic (exact) mass is 247 g/mol. The first-order chi connectivity index (χ1) is 8.34. The smallest absolute Gasteiger partial charge is 0.183 e. The van der Waals surface area contributed by atoms with E-state index >= 15 is 0 Å². The van der Waals surface area contributed by atoms with Crippen LogP contribution in [0.3, 0.4) is 0 Å². The third kappa shape index (κ3) is 3.92. The van der Waals surface area contributed by atoms with Crippen molar-refractivity contribution in [2.45, 2.75) is 12.1 Å². The summed E-state index contributed by atoms with van der Waals surface area (Å²) in [6, 6.07) is 9.86. The van der Waals surface area contributed by atoms with E-state index in [0.717, 1.165) is 22.3 Å². The van der Waals surface area contributed by atoms with E-state index in [4.69, 9.17) is 0 Å². The molecule has 0 unspecified atom stereocenters. The summed E-state index contributed by atoms with van der Waals surface area (Å²) in [5.41, 5.74) is 4.98. The van der Waals surface area contributed by atoms with Gasteiger partial charge in [0.25, 0.3) is 0 Å². The lowest BCUT2D eigenvalue weighted by Crippen LogP contribution is -2.00. The van der Waals surface area contributed by atoms with Crippen molar-refractivity contribution in [1.82, 2.24) is 15.2 Å². The number of aromatic amines is 1. The molecule has 1 aromatic heterocycles. The summed E-state index contributed by atoms with van der Waals surface area (Å²) >= 11 is 1.57. The lowest BCUT2D eigenvalue weighted by molar-refractivity contribution is 0.975. The predicted octanol–water partition coefficient (Wildman–Crippen LogP) is 2.38. The Labute approximate surface area is 104 Å². The van der Waals surface area contributed by atoms with Crippen molar-refractivity contribution in [3.05, 3.63) is 36.7 Å². The third-order valence-corrected chi connectivity index (χ3v) is 2.99. The highest BCUT2D eigenvalue weighted by Crippen LogP contribution is 2.11. The molecular weight excluding hydrogens is 234 g/mol. The van der Waals surface area contributed by atoms with Crippen molar-refractivity contribution in [2.75, 3.05) is 11.2 Å². The number of benzene rings is 1. The molecule has 88 valence electrons.